The van der Waals surface area contributed by atoms with Crippen LogP contribution in [0.4, 0.5) is 5.69 Å². The van der Waals surface area contributed by atoms with Gasteiger partial charge in [0.25, 0.3) is 15.9 Å². The van der Waals surface area contributed by atoms with Gasteiger partial charge in [0.15, 0.2) is 0 Å². The van der Waals surface area contributed by atoms with Crippen molar-refractivity contribution >= 4 is 33.2 Å². The molecule has 1 amide bonds. The highest BCUT2D eigenvalue weighted by atomic mass is 35.5. The Morgan fingerprint density at radius 2 is 1.74 bits per heavy atom. The first-order valence-electron chi connectivity index (χ1n) is 10.9. The standard InChI is InChI=1S/C26H29ClN2O4S/c1-6-22(19-10-12-24(33-5)18(4)14-19)28-26(30)20-9-11-21(27)25(15-20)34(31,32)29-23-13-16(2)7-8-17(23)3/h7-15,22,29H,6H2,1-5H3,(H,28,30)/t22-/m0/s1. The number of amides is 1. The van der Waals surface area contributed by atoms with E-state index in [4.69, 9.17) is 16.3 Å². The second-order valence-electron chi connectivity index (χ2n) is 8.23. The number of carbonyl (C=O) groups is 1. The third-order valence-electron chi connectivity index (χ3n) is 5.66. The molecule has 3 aromatic rings. The molecule has 6 nitrogen and oxygen atoms in total. The number of aryl methyl sites for hydroxylation is 3. The maximum absolute atomic E-state index is 13.1. The molecule has 0 saturated carbocycles. The highest BCUT2D eigenvalue weighted by Crippen LogP contribution is 2.28. The van der Waals surface area contributed by atoms with E-state index in [1.807, 2.05) is 58.0 Å². The van der Waals surface area contributed by atoms with Crippen molar-refractivity contribution in [1.82, 2.24) is 5.32 Å². The van der Waals surface area contributed by atoms with Crippen molar-refractivity contribution < 1.29 is 17.9 Å². The van der Waals surface area contributed by atoms with Gasteiger partial charge in [-0.25, -0.2) is 8.42 Å². The lowest BCUT2D eigenvalue weighted by Gasteiger charge is -2.19. The van der Waals surface area contributed by atoms with E-state index in [1.54, 1.807) is 13.2 Å². The van der Waals surface area contributed by atoms with Gasteiger partial charge in [-0.15, -0.1) is 0 Å². The lowest BCUT2D eigenvalue weighted by Crippen LogP contribution is -2.28. The molecule has 0 saturated heterocycles. The lowest BCUT2D eigenvalue weighted by atomic mass is 10.0. The fourth-order valence-corrected chi connectivity index (χ4v) is 5.33. The summed E-state index contributed by atoms with van der Waals surface area (Å²) < 4.78 is 34.1. The zero-order chi connectivity index (χ0) is 25.0. The molecule has 1 atom stereocenters. The van der Waals surface area contributed by atoms with Crippen LogP contribution in [0.25, 0.3) is 0 Å². The first-order chi connectivity index (χ1) is 16.1. The molecule has 0 bridgehead atoms. The number of hydrogen-bond acceptors (Lipinski definition) is 4. The second-order valence-corrected chi connectivity index (χ2v) is 10.3. The highest BCUT2D eigenvalue weighted by molar-refractivity contribution is 7.92. The zero-order valence-electron chi connectivity index (χ0n) is 19.9. The number of hydrogen-bond donors (Lipinski definition) is 2. The summed E-state index contributed by atoms with van der Waals surface area (Å²) in [4.78, 5) is 12.9. The molecule has 0 heterocycles. The fourth-order valence-electron chi connectivity index (χ4n) is 3.68. The summed E-state index contributed by atoms with van der Waals surface area (Å²) in [7, 11) is -2.40. The monoisotopic (exact) mass is 500 g/mol. The van der Waals surface area contributed by atoms with Crippen molar-refractivity contribution in [2.75, 3.05) is 11.8 Å². The van der Waals surface area contributed by atoms with E-state index in [0.717, 1.165) is 28.0 Å². The fraction of sp³-hybridized carbons (Fsp3) is 0.269. The van der Waals surface area contributed by atoms with Gasteiger partial charge in [-0.2, -0.15) is 0 Å². The molecule has 0 aromatic heterocycles. The predicted octanol–water partition coefficient (Wildman–Crippen LogP) is 5.96. The van der Waals surface area contributed by atoms with Crippen LogP contribution in [-0.4, -0.2) is 21.4 Å². The summed E-state index contributed by atoms with van der Waals surface area (Å²) in [6.07, 6.45) is 0.657. The average Bonchev–Trinajstić information content (AvgIpc) is 2.79. The van der Waals surface area contributed by atoms with E-state index < -0.39 is 10.0 Å². The number of nitrogens with one attached hydrogen (secondary N) is 2. The molecule has 0 aliphatic rings. The Bertz CT molecular complexity index is 1320. The minimum Gasteiger partial charge on any atom is -0.496 e. The van der Waals surface area contributed by atoms with Crippen molar-refractivity contribution in [2.45, 2.75) is 45.1 Å². The first kappa shape index (κ1) is 25.6. The van der Waals surface area contributed by atoms with Crippen LogP contribution in [0.1, 0.15) is 52.0 Å². The Kier molecular flexibility index (Phi) is 7.89. The molecule has 0 spiro atoms. The van der Waals surface area contributed by atoms with Gasteiger partial charge in [-0.05, 0) is 79.8 Å². The Hall–Kier alpha value is -3.03. The summed E-state index contributed by atoms with van der Waals surface area (Å²) in [5, 5.41) is 3.02. The summed E-state index contributed by atoms with van der Waals surface area (Å²) in [6, 6.07) is 15.2. The number of anilines is 1. The largest absolute Gasteiger partial charge is 0.496 e. The molecule has 0 radical (unpaired) electrons. The highest BCUT2D eigenvalue weighted by Gasteiger charge is 2.22. The molecule has 34 heavy (non-hydrogen) atoms. The van der Waals surface area contributed by atoms with Gasteiger partial charge in [-0.1, -0.05) is 42.8 Å². The number of ether oxygens (including phenoxy) is 1. The van der Waals surface area contributed by atoms with Crippen LogP contribution in [0.3, 0.4) is 0 Å². The van der Waals surface area contributed by atoms with E-state index in [-0.39, 0.29) is 27.4 Å². The van der Waals surface area contributed by atoms with Crippen LogP contribution in [-0.2, 0) is 10.0 Å². The number of rotatable bonds is 8. The molecule has 3 aromatic carbocycles. The molecule has 0 aliphatic heterocycles. The topological polar surface area (TPSA) is 84.5 Å². The molecule has 3 rings (SSSR count). The molecule has 180 valence electrons. The number of halogens is 1. The van der Waals surface area contributed by atoms with Crippen LogP contribution in [0.2, 0.25) is 5.02 Å². The first-order valence-corrected chi connectivity index (χ1v) is 12.8. The normalized spacial score (nSPS) is 12.2. The second kappa shape index (κ2) is 10.5. The minimum absolute atomic E-state index is 0.0344. The van der Waals surface area contributed by atoms with Crippen molar-refractivity contribution in [2.24, 2.45) is 0 Å². The molecular weight excluding hydrogens is 472 g/mol. The lowest BCUT2D eigenvalue weighted by molar-refractivity contribution is 0.0935. The zero-order valence-corrected chi connectivity index (χ0v) is 21.5. The Labute approximate surface area is 206 Å². The quantitative estimate of drug-likeness (QED) is 0.400. The van der Waals surface area contributed by atoms with Gasteiger partial charge in [-0.3, -0.25) is 9.52 Å². The number of benzene rings is 3. The predicted molar refractivity (Wildman–Crippen MR) is 136 cm³/mol. The van der Waals surface area contributed by atoms with E-state index >= 15 is 0 Å². The van der Waals surface area contributed by atoms with Crippen LogP contribution >= 0.6 is 11.6 Å². The molecule has 8 heteroatoms. The van der Waals surface area contributed by atoms with Gasteiger partial charge >= 0.3 is 0 Å². The van der Waals surface area contributed by atoms with Gasteiger partial charge < -0.3 is 10.1 Å². The van der Waals surface area contributed by atoms with Crippen molar-refractivity contribution in [3.05, 3.63) is 87.4 Å². The maximum atomic E-state index is 13.1. The summed E-state index contributed by atoms with van der Waals surface area (Å²) in [5.74, 6) is 0.383. The third kappa shape index (κ3) is 5.72. The molecular formula is C26H29ClN2O4S. The minimum atomic E-state index is -4.01. The van der Waals surface area contributed by atoms with Crippen molar-refractivity contribution in [1.29, 1.82) is 0 Å². The number of methoxy groups -OCH3 is 1. The van der Waals surface area contributed by atoms with Crippen LogP contribution in [0.5, 0.6) is 5.75 Å². The van der Waals surface area contributed by atoms with E-state index in [2.05, 4.69) is 10.0 Å². The Morgan fingerprint density at radius 3 is 2.38 bits per heavy atom. The summed E-state index contributed by atoms with van der Waals surface area (Å²) in [6.45, 7) is 7.60. The molecule has 2 N–H and O–H groups in total. The molecule has 0 unspecified atom stereocenters. The Morgan fingerprint density at radius 1 is 1.00 bits per heavy atom. The number of carbonyl (C=O) groups excluding carboxylic acids is 1. The van der Waals surface area contributed by atoms with Crippen molar-refractivity contribution in [3.63, 3.8) is 0 Å². The average molecular weight is 501 g/mol. The van der Waals surface area contributed by atoms with Crippen LogP contribution < -0.4 is 14.8 Å². The van der Waals surface area contributed by atoms with E-state index in [9.17, 15) is 13.2 Å². The van der Waals surface area contributed by atoms with Crippen LogP contribution in [0, 0.1) is 20.8 Å². The van der Waals surface area contributed by atoms with Gasteiger partial charge in [0, 0.05) is 5.56 Å². The maximum Gasteiger partial charge on any atom is 0.263 e. The van der Waals surface area contributed by atoms with E-state index in [0.29, 0.717) is 12.1 Å². The number of sulfonamides is 1. The molecule has 0 aliphatic carbocycles. The smallest absolute Gasteiger partial charge is 0.263 e. The van der Waals surface area contributed by atoms with Gasteiger partial charge in [0.1, 0.15) is 10.6 Å². The van der Waals surface area contributed by atoms with Crippen molar-refractivity contribution in [3.8, 4) is 5.75 Å². The van der Waals surface area contributed by atoms with Gasteiger partial charge in [0.2, 0.25) is 0 Å². The van der Waals surface area contributed by atoms with Crippen LogP contribution in [0.15, 0.2) is 59.5 Å². The molecule has 0 fully saturated rings. The SMILES string of the molecule is CC[C@H](NC(=O)c1ccc(Cl)c(S(=O)(=O)Nc2cc(C)ccc2C)c1)c1ccc(OC)c(C)c1. The third-order valence-corrected chi connectivity index (χ3v) is 7.50. The van der Waals surface area contributed by atoms with Gasteiger partial charge in [0.05, 0.1) is 23.9 Å². The Balaban J connectivity index is 1.87. The summed E-state index contributed by atoms with van der Waals surface area (Å²) in [5.41, 5.74) is 4.26. The summed E-state index contributed by atoms with van der Waals surface area (Å²) >= 11 is 6.23. The van der Waals surface area contributed by atoms with E-state index in [1.165, 1.54) is 18.2 Å².